The number of amides is 1. The molecule has 0 aliphatic heterocycles. The van der Waals surface area contributed by atoms with Gasteiger partial charge in [-0.3, -0.25) is 4.79 Å². The fourth-order valence-electron chi connectivity index (χ4n) is 2.04. The van der Waals surface area contributed by atoms with Crippen LogP contribution in [-0.2, 0) is 25.5 Å². The Morgan fingerprint density at radius 1 is 1.11 bits per heavy atom. The molecule has 0 radical (unpaired) electrons. The first-order chi connectivity index (χ1) is 12.9. The zero-order chi connectivity index (χ0) is 21.1. The minimum absolute atomic E-state index is 0.000909. The van der Waals surface area contributed by atoms with Crippen LogP contribution in [-0.4, -0.2) is 33.2 Å². The highest BCUT2D eigenvalue weighted by Gasteiger charge is 2.31. The number of ether oxygens (including phenoxy) is 1. The van der Waals surface area contributed by atoms with Crippen LogP contribution < -0.4 is 5.32 Å². The van der Waals surface area contributed by atoms with Crippen LogP contribution in [0.4, 0.5) is 18.9 Å². The van der Waals surface area contributed by atoms with Crippen LogP contribution in [0.2, 0.25) is 5.02 Å². The first-order valence-corrected chi connectivity index (χ1v) is 9.79. The van der Waals surface area contributed by atoms with Crippen molar-refractivity contribution >= 4 is 39.0 Å². The van der Waals surface area contributed by atoms with E-state index in [9.17, 15) is 31.2 Å². The Labute approximate surface area is 163 Å². The molecule has 0 aliphatic rings. The molecular weight excluding hydrogens is 423 g/mol. The third-order valence-electron chi connectivity index (χ3n) is 3.42. The summed E-state index contributed by atoms with van der Waals surface area (Å²) in [6, 6.07) is 7.23. The van der Waals surface area contributed by atoms with Gasteiger partial charge in [0.1, 0.15) is 0 Å². The Morgan fingerprint density at radius 2 is 1.71 bits per heavy atom. The summed E-state index contributed by atoms with van der Waals surface area (Å²) >= 11 is 5.76. The normalized spacial score (nSPS) is 11.8. The molecule has 0 aromatic heterocycles. The molecule has 0 aliphatic carbocycles. The van der Waals surface area contributed by atoms with Crippen molar-refractivity contribution in [3.05, 3.63) is 58.6 Å². The molecule has 1 amide bonds. The Morgan fingerprint density at radius 3 is 2.25 bits per heavy atom. The number of anilines is 1. The largest absolute Gasteiger partial charge is 0.452 e. The summed E-state index contributed by atoms with van der Waals surface area (Å²) in [5.74, 6) is -1.81. The molecule has 0 unspecified atom stereocenters. The highest BCUT2D eigenvalue weighted by molar-refractivity contribution is 7.90. The first kappa shape index (κ1) is 21.7. The summed E-state index contributed by atoms with van der Waals surface area (Å²) in [5, 5.41) is 2.01. The fourth-order valence-corrected chi connectivity index (χ4v) is 2.83. The van der Waals surface area contributed by atoms with Crippen molar-refractivity contribution in [1.29, 1.82) is 0 Å². The van der Waals surface area contributed by atoms with E-state index in [1.807, 2.05) is 0 Å². The van der Waals surface area contributed by atoms with E-state index in [2.05, 4.69) is 5.32 Å². The second-order valence-corrected chi connectivity index (χ2v) is 8.04. The standard InChI is InChI=1S/C17H13ClF3NO5S/c1-28(25,26)12-5-2-10(3-6-12)16(24)27-9-15(23)22-14-8-11(17(19,20)21)4-7-13(14)18/h2-8H,9H2,1H3,(H,22,23). The number of sulfone groups is 1. The summed E-state index contributed by atoms with van der Waals surface area (Å²) in [5.41, 5.74) is -1.29. The van der Waals surface area contributed by atoms with Gasteiger partial charge in [0, 0.05) is 6.26 Å². The zero-order valence-corrected chi connectivity index (χ0v) is 15.8. The van der Waals surface area contributed by atoms with Gasteiger partial charge in [-0.05, 0) is 42.5 Å². The molecule has 0 saturated carbocycles. The predicted molar refractivity (Wildman–Crippen MR) is 94.9 cm³/mol. The van der Waals surface area contributed by atoms with E-state index in [1.165, 1.54) is 24.3 Å². The quantitative estimate of drug-likeness (QED) is 0.725. The van der Waals surface area contributed by atoms with Crippen molar-refractivity contribution in [2.75, 3.05) is 18.2 Å². The van der Waals surface area contributed by atoms with Crippen LogP contribution in [0.5, 0.6) is 0 Å². The molecule has 0 atom stereocenters. The van der Waals surface area contributed by atoms with Gasteiger partial charge < -0.3 is 10.1 Å². The lowest BCUT2D eigenvalue weighted by atomic mass is 10.2. The molecule has 2 aromatic carbocycles. The molecule has 2 aromatic rings. The highest BCUT2D eigenvalue weighted by Crippen LogP contribution is 2.33. The molecule has 2 rings (SSSR count). The van der Waals surface area contributed by atoms with Crippen LogP contribution in [0.3, 0.4) is 0 Å². The summed E-state index contributed by atoms with van der Waals surface area (Å²) in [7, 11) is -3.43. The molecule has 0 heterocycles. The monoisotopic (exact) mass is 435 g/mol. The Hall–Kier alpha value is -2.59. The number of nitrogens with one attached hydrogen (secondary N) is 1. The number of carbonyl (C=O) groups excluding carboxylic acids is 2. The smallest absolute Gasteiger partial charge is 0.416 e. The van der Waals surface area contributed by atoms with Crippen LogP contribution >= 0.6 is 11.6 Å². The fraction of sp³-hybridized carbons (Fsp3) is 0.176. The van der Waals surface area contributed by atoms with Crippen LogP contribution in [0, 0.1) is 0 Å². The van der Waals surface area contributed by atoms with Gasteiger partial charge in [-0.1, -0.05) is 11.6 Å². The van der Waals surface area contributed by atoms with Crippen LogP contribution in [0.25, 0.3) is 0 Å². The van der Waals surface area contributed by atoms with E-state index in [-0.39, 0.29) is 21.2 Å². The summed E-state index contributed by atoms with van der Waals surface area (Å²) < 4.78 is 65.6. The summed E-state index contributed by atoms with van der Waals surface area (Å²) in [6.45, 7) is -0.779. The van der Waals surface area contributed by atoms with E-state index in [0.717, 1.165) is 18.4 Å². The van der Waals surface area contributed by atoms with Crippen LogP contribution in [0.1, 0.15) is 15.9 Å². The van der Waals surface area contributed by atoms with E-state index >= 15 is 0 Å². The van der Waals surface area contributed by atoms with E-state index in [4.69, 9.17) is 16.3 Å². The van der Waals surface area contributed by atoms with Gasteiger partial charge in [0.05, 0.1) is 26.7 Å². The SMILES string of the molecule is CS(=O)(=O)c1ccc(C(=O)OCC(=O)Nc2cc(C(F)(F)F)ccc2Cl)cc1. The summed E-state index contributed by atoms with van der Waals surface area (Å²) in [6.07, 6.45) is -3.61. The average Bonchev–Trinajstić information content (AvgIpc) is 2.60. The molecule has 0 fully saturated rings. The number of esters is 1. The van der Waals surface area contributed by atoms with E-state index < -0.39 is 40.1 Å². The van der Waals surface area contributed by atoms with Crippen molar-refractivity contribution in [1.82, 2.24) is 0 Å². The molecule has 150 valence electrons. The molecule has 11 heteroatoms. The molecule has 6 nitrogen and oxygen atoms in total. The van der Waals surface area contributed by atoms with Crippen molar-refractivity contribution in [3.8, 4) is 0 Å². The number of hydrogen-bond donors (Lipinski definition) is 1. The predicted octanol–water partition coefficient (Wildman–Crippen LogP) is 3.56. The molecule has 0 saturated heterocycles. The van der Waals surface area contributed by atoms with Gasteiger partial charge in [-0.25, -0.2) is 13.2 Å². The van der Waals surface area contributed by atoms with E-state index in [0.29, 0.717) is 6.07 Å². The number of hydrogen-bond acceptors (Lipinski definition) is 5. The molecule has 1 N–H and O–H groups in total. The second kappa shape index (κ2) is 8.19. The Kier molecular flexibility index (Phi) is 6.35. The third kappa shape index (κ3) is 5.70. The number of carbonyl (C=O) groups is 2. The third-order valence-corrected chi connectivity index (χ3v) is 4.88. The number of halogens is 4. The van der Waals surface area contributed by atoms with E-state index in [1.54, 1.807) is 0 Å². The zero-order valence-electron chi connectivity index (χ0n) is 14.2. The maximum atomic E-state index is 12.7. The van der Waals surface area contributed by atoms with Gasteiger partial charge in [0.25, 0.3) is 5.91 Å². The molecule has 28 heavy (non-hydrogen) atoms. The maximum Gasteiger partial charge on any atom is 0.416 e. The number of benzene rings is 2. The lowest BCUT2D eigenvalue weighted by Crippen LogP contribution is -2.21. The van der Waals surface area contributed by atoms with Crippen molar-refractivity contribution in [2.45, 2.75) is 11.1 Å². The first-order valence-electron chi connectivity index (χ1n) is 7.52. The minimum atomic E-state index is -4.62. The molecule has 0 spiro atoms. The van der Waals surface area contributed by atoms with Gasteiger partial charge in [-0.2, -0.15) is 13.2 Å². The van der Waals surface area contributed by atoms with Crippen molar-refractivity contribution in [3.63, 3.8) is 0 Å². The highest BCUT2D eigenvalue weighted by atomic mass is 35.5. The number of rotatable bonds is 5. The topological polar surface area (TPSA) is 89.5 Å². The van der Waals surface area contributed by atoms with Gasteiger partial charge in [0.2, 0.25) is 0 Å². The van der Waals surface area contributed by atoms with Crippen LogP contribution in [0.15, 0.2) is 47.4 Å². The Bertz CT molecular complexity index is 1000. The molecular formula is C17H13ClF3NO5S. The van der Waals surface area contributed by atoms with Gasteiger partial charge in [-0.15, -0.1) is 0 Å². The Balaban J connectivity index is 2.00. The van der Waals surface area contributed by atoms with Crippen molar-refractivity contribution in [2.24, 2.45) is 0 Å². The van der Waals surface area contributed by atoms with Gasteiger partial charge >= 0.3 is 12.1 Å². The maximum absolute atomic E-state index is 12.7. The average molecular weight is 436 g/mol. The number of alkyl halides is 3. The lowest BCUT2D eigenvalue weighted by molar-refractivity contribution is -0.137. The molecule has 0 bridgehead atoms. The lowest BCUT2D eigenvalue weighted by Gasteiger charge is -2.12. The minimum Gasteiger partial charge on any atom is -0.452 e. The second-order valence-electron chi connectivity index (χ2n) is 5.61. The summed E-state index contributed by atoms with van der Waals surface area (Å²) in [4.78, 5) is 23.7. The van der Waals surface area contributed by atoms with Gasteiger partial charge in [0.15, 0.2) is 16.4 Å². The van der Waals surface area contributed by atoms with Crippen molar-refractivity contribution < 1.29 is 35.9 Å².